The van der Waals surface area contributed by atoms with Crippen LogP contribution in [0.15, 0.2) is 12.2 Å². The van der Waals surface area contributed by atoms with Gasteiger partial charge in [-0.1, -0.05) is 0 Å². The largest absolute Gasteiger partial charge is 0.334 e. The lowest BCUT2D eigenvalue weighted by Crippen LogP contribution is -1.56. The van der Waals surface area contributed by atoms with Crippen LogP contribution >= 0.6 is 24.0 Å². The van der Waals surface area contributed by atoms with Gasteiger partial charge in [0.05, 0.1) is 0 Å². The molecule has 0 fully saturated rings. The van der Waals surface area contributed by atoms with E-state index in [0.29, 0.717) is 0 Å². The van der Waals surface area contributed by atoms with E-state index in [0.717, 1.165) is 0 Å². The van der Waals surface area contributed by atoms with Crippen LogP contribution in [0.1, 0.15) is 0 Å². The monoisotopic (exact) mass is 228 g/mol. The van der Waals surface area contributed by atoms with Crippen molar-refractivity contribution in [3.63, 3.8) is 0 Å². The molecule has 44 valence electrons. The van der Waals surface area contributed by atoms with Crippen molar-refractivity contribution in [1.29, 1.82) is 0 Å². The Morgan fingerprint density at radius 3 is 0.857 bits per heavy atom. The van der Waals surface area contributed by atoms with Gasteiger partial charge in [-0.25, -0.2) is 0 Å². The highest BCUT2D eigenvalue weighted by atomic mass is 127. The first-order chi connectivity index (χ1) is 2.64. The quantitative estimate of drug-likeness (QED) is 0.441. The van der Waals surface area contributed by atoms with Gasteiger partial charge in [-0.3, -0.25) is 0 Å². The lowest BCUT2D eigenvalue weighted by Gasteiger charge is -1.69. The fourth-order valence-corrected chi connectivity index (χ4v) is 0. The first-order valence-corrected chi connectivity index (χ1v) is 1.01. The molecule has 0 aromatic carbocycles. The third kappa shape index (κ3) is 6.19. The van der Waals surface area contributed by atoms with Crippen molar-refractivity contribution in [3.05, 3.63) is 12.2 Å². The maximum Gasteiger partial charge on any atom is 0.334 e. The summed E-state index contributed by atoms with van der Waals surface area (Å²) >= 11 is 0. The van der Waals surface area contributed by atoms with Gasteiger partial charge in [0, 0.05) is 0 Å². The van der Waals surface area contributed by atoms with Gasteiger partial charge >= 0.3 is 12.2 Å². The van der Waals surface area contributed by atoms with Crippen molar-refractivity contribution in [3.8, 4) is 0 Å². The molecule has 0 aliphatic heterocycles. The molecule has 0 spiro atoms. The lowest BCUT2D eigenvalue weighted by molar-refractivity contribution is 0.308. The highest BCUT2D eigenvalue weighted by Gasteiger charge is 1.98. The minimum Gasteiger partial charge on any atom is -0.167 e. The molecule has 0 rings (SSSR count). The van der Waals surface area contributed by atoms with Crippen LogP contribution in [0.5, 0.6) is 0 Å². The number of hydrogen-bond donors (Lipinski definition) is 0. The fourth-order valence-electron chi connectivity index (χ4n) is 0. The molecule has 0 aromatic heterocycles. The summed E-state index contributed by atoms with van der Waals surface area (Å²) in [6.45, 7) is 0. The molecule has 0 aliphatic carbocycles. The summed E-state index contributed by atoms with van der Waals surface area (Å²) in [6, 6.07) is 0. The van der Waals surface area contributed by atoms with Crippen LogP contribution in [0.4, 0.5) is 17.6 Å². The van der Waals surface area contributed by atoms with Gasteiger partial charge in [-0.15, -0.1) is 24.0 Å². The van der Waals surface area contributed by atoms with Crippen LogP contribution in [0.2, 0.25) is 0 Å². The third-order valence-corrected chi connectivity index (χ3v) is 0.143. The molecule has 0 unspecified atom stereocenters. The van der Waals surface area contributed by atoms with E-state index in [4.69, 9.17) is 0 Å². The van der Waals surface area contributed by atoms with E-state index in [1.807, 2.05) is 0 Å². The van der Waals surface area contributed by atoms with E-state index in [1.54, 1.807) is 0 Å². The molecule has 0 radical (unpaired) electrons. The van der Waals surface area contributed by atoms with Crippen LogP contribution in [0.25, 0.3) is 0 Å². The van der Waals surface area contributed by atoms with Gasteiger partial charge in [0.15, 0.2) is 0 Å². The molecule has 0 aliphatic rings. The van der Waals surface area contributed by atoms with E-state index in [2.05, 4.69) is 0 Å². The van der Waals surface area contributed by atoms with Gasteiger partial charge in [0.1, 0.15) is 0 Å². The molecule has 7 heavy (non-hydrogen) atoms. The summed E-state index contributed by atoms with van der Waals surface area (Å²) in [6.07, 6.45) is -5.81. The number of halogens is 5. The predicted molar refractivity (Wildman–Crippen MR) is 26.9 cm³/mol. The van der Waals surface area contributed by atoms with E-state index >= 15 is 0 Å². The molecule has 0 aromatic rings. The minimum atomic E-state index is -2.91. The summed E-state index contributed by atoms with van der Waals surface area (Å²) in [7, 11) is 0. The van der Waals surface area contributed by atoms with Crippen LogP contribution in [0, 0.1) is 0 Å². The molecular weight excluding hydrogens is 227 g/mol. The van der Waals surface area contributed by atoms with Crippen LogP contribution in [-0.4, -0.2) is 0 Å². The molecule has 5 heteroatoms. The van der Waals surface area contributed by atoms with Crippen LogP contribution < -0.4 is 0 Å². The molecular formula is C2HF4I. The third-order valence-electron chi connectivity index (χ3n) is 0.143. The average Bonchev–Trinajstić information content (AvgIpc) is 1.36. The summed E-state index contributed by atoms with van der Waals surface area (Å²) in [5.74, 6) is 0. The van der Waals surface area contributed by atoms with E-state index in [9.17, 15) is 17.6 Å². The Hall–Kier alpha value is 0.190. The van der Waals surface area contributed by atoms with Gasteiger partial charge in [0.25, 0.3) is 0 Å². The van der Waals surface area contributed by atoms with Gasteiger partial charge < -0.3 is 0 Å². The molecule has 0 saturated carbocycles. The molecule has 0 saturated heterocycles. The zero-order valence-corrected chi connectivity index (χ0v) is 5.25. The molecule has 0 bridgehead atoms. The van der Waals surface area contributed by atoms with Crippen molar-refractivity contribution in [2.75, 3.05) is 0 Å². The molecule has 0 heterocycles. The number of hydrogen-bond acceptors (Lipinski definition) is 0. The van der Waals surface area contributed by atoms with Gasteiger partial charge in [-0.05, 0) is 0 Å². The Morgan fingerprint density at radius 2 is 0.857 bits per heavy atom. The normalized spacial score (nSPS) is 6.86. The average molecular weight is 228 g/mol. The summed E-state index contributed by atoms with van der Waals surface area (Å²) in [5, 5.41) is 0. The standard InChI is InChI=1S/C2F4.HI/c3-1(4)2(5)6;/h;1H. The molecule has 0 nitrogen and oxygen atoms in total. The van der Waals surface area contributed by atoms with Crippen molar-refractivity contribution in [2.45, 2.75) is 0 Å². The molecule has 0 amide bonds. The second-order valence-corrected chi connectivity index (χ2v) is 0.521. The summed E-state index contributed by atoms with van der Waals surface area (Å²) in [5.41, 5.74) is 0. The van der Waals surface area contributed by atoms with E-state index in [1.165, 1.54) is 0 Å². The van der Waals surface area contributed by atoms with E-state index < -0.39 is 12.2 Å². The second kappa shape index (κ2) is 4.35. The van der Waals surface area contributed by atoms with E-state index in [-0.39, 0.29) is 24.0 Å². The predicted octanol–water partition coefficient (Wildman–Crippen LogP) is 2.61. The van der Waals surface area contributed by atoms with Crippen molar-refractivity contribution in [2.24, 2.45) is 0 Å². The van der Waals surface area contributed by atoms with Crippen LogP contribution in [-0.2, 0) is 0 Å². The smallest absolute Gasteiger partial charge is 0.167 e. The summed E-state index contributed by atoms with van der Waals surface area (Å²) < 4.78 is 41.1. The number of rotatable bonds is 0. The second-order valence-electron chi connectivity index (χ2n) is 0.521. The zero-order chi connectivity index (χ0) is 5.15. The Balaban J connectivity index is 0. The van der Waals surface area contributed by atoms with Gasteiger partial charge in [0.2, 0.25) is 0 Å². The Kier molecular flexibility index (Phi) is 6.36. The topological polar surface area (TPSA) is 0 Å². The first kappa shape index (κ1) is 10.2. The van der Waals surface area contributed by atoms with Crippen molar-refractivity contribution < 1.29 is 17.6 Å². The Labute approximate surface area is 54.2 Å². The highest BCUT2D eigenvalue weighted by molar-refractivity contribution is 14.0. The maximum atomic E-state index is 10.3. The summed E-state index contributed by atoms with van der Waals surface area (Å²) in [4.78, 5) is 0. The maximum absolute atomic E-state index is 10.3. The van der Waals surface area contributed by atoms with Crippen molar-refractivity contribution in [1.82, 2.24) is 0 Å². The minimum absolute atomic E-state index is 0. The fraction of sp³-hybridized carbons (Fsp3) is 0. The van der Waals surface area contributed by atoms with Gasteiger partial charge in [-0.2, -0.15) is 17.6 Å². The Morgan fingerprint density at radius 1 is 0.714 bits per heavy atom. The molecule has 0 N–H and O–H groups in total. The Bertz CT molecular complexity index is 59.8. The lowest BCUT2D eigenvalue weighted by atomic mass is 11.1. The highest BCUT2D eigenvalue weighted by Crippen LogP contribution is 2.08. The van der Waals surface area contributed by atoms with Crippen molar-refractivity contribution >= 4 is 24.0 Å². The molecule has 0 atom stereocenters. The van der Waals surface area contributed by atoms with Crippen LogP contribution in [0.3, 0.4) is 0 Å². The first-order valence-electron chi connectivity index (χ1n) is 1.01. The SMILES string of the molecule is FC(F)=C(F)F.I. The zero-order valence-electron chi connectivity index (χ0n) is 2.92.